The van der Waals surface area contributed by atoms with Crippen molar-refractivity contribution in [3.05, 3.63) is 52.5 Å². The number of amides is 1. The Labute approximate surface area is 303 Å². The summed E-state index contributed by atoms with van der Waals surface area (Å²) < 4.78 is 58.1. The molecule has 0 saturated carbocycles. The molecule has 16 heteroatoms. The fourth-order valence-electron chi connectivity index (χ4n) is 7.92. The first-order valence-corrected chi connectivity index (χ1v) is 19.7. The van der Waals surface area contributed by atoms with Crippen molar-refractivity contribution in [1.82, 2.24) is 24.8 Å². The summed E-state index contributed by atoms with van der Waals surface area (Å²) in [5.74, 6) is 1.00. The van der Waals surface area contributed by atoms with Crippen molar-refractivity contribution in [2.45, 2.75) is 77.1 Å². The van der Waals surface area contributed by atoms with E-state index in [1.54, 1.807) is 16.5 Å². The average molecular weight is 744 g/mol. The second kappa shape index (κ2) is 15.3. The Balaban J connectivity index is 0.938. The van der Waals surface area contributed by atoms with Crippen LogP contribution in [0.15, 0.2) is 36.1 Å². The van der Waals surface area contributed by atoms with Gasteiger partial charge in [0.2, 0.25) is 10.9 Å². The molecule has 7 rings (SSSR count). The third-order valence-electron chi connectivity index (χ3n) is 10.6. The number of carbonyl (C=O) groups is 1. The lowest BCUT2D eigenvalue weighted by molar-refractivity contribution is -0.0269. The molecule has 4 fully saturated rings. The fourth-order valence-corrected chi connectivity index (χ4v) is 9.30. The number of ether oxygens (including phenoxy) is 3. The van der Waals surface area contributed by atoms with Crippen LogP contribution in [-0.2, 0) is 20.4 Å². The molecule has 51 heavy (non-hydrogen) atoms. The van der Waals surface area contributed by atoms with E-state index in [0.29, 0.717) is 37.2 Å². The van der Waals surface area contributed by atoms with Gasteiger partial charge in [-0.2, -0.15) is 0 Å². The van der Waals surface area contributed by atoms with Gasteiger partial charge in [-0.1, -0.05) is 0 Å². The van der Waals surface area contributed by atoms with E-state index in [1.807, 2.05) is 20.8 Å². The molecule has 6 heterocycles. The highest BCUT2D eigenvalue weighted by molar-refractivity contribution is 7.74. The van der Waals surface area contributed by atoms with Crippen LogP contribution in [0.1, 0.15) is 61.3 Å². The third-order valence-corrected chi connectivity index (χ3v) is 12.2. The standard InChI is InChI=1S/C35H46FN7O6S2/c1-23(2)42(26-8-13-47-17-26)34(44)29-14-25(36)4-7-30(29)49-31-15-37-22-38-33(31)41-20-35(21-41)9-11-40(12-10-35)16-28-6-5-27(18-48-28)43(51(45)46)32-19-50-24(3)39-32/h4,7,14-15,19,22-23,26-28,51H,5-6,8-13,16-18,20-21H2,1-3H3/t26-,27-,28+/m1/s1. The molecular formula is C35H46FN7O6S2. The number of anilines is 2. The van der Waals surface area contributed by atoms with Gasteiger partial charge >= 0.3 is 0 Å². The molecule has 0 radical (unpaired) electrons. The smallest absolute Gasteiger partial charge is 0.258 e. The number of nitrogens with zero attached hydrogens (tertiary/aromatic N) is 7. The number of halogens is 1. The van der Waals surface area contributed by atoms with E-state index >= 15 is 0 Å². The summed E-state index contributed by atoms with van der Waals surface area (Å²) in [4.78, 5) is 33.4. The average Bonchev–Trinajstić information content (AvgIpc) is 3.78. The SMILES string of the molecule is Cc1nc(N([C@@H]2CC[C@@H](CN3CCC4(CC3)CN(c3ncncc3Oc3ccc(F)cc3C(=O)N(C(C)C)[C@@H]3CCOC3)C4)OC2)[SH](=O)=O)cs1. The van der Waals surface area contributed by atoms with Gasteiger partial charge in [-0.25, -0.2) is 32.1 Å². The molecule has 1 amide bonds. The van der Waals surface area contributed by atoms with Crippen molar-refractivity contribution in [2.24, 2.45) is 5.41 Å². The lowest BCUT2D eigenvalue weighted by Gasteiger charge is -2.54. The number of benzene rings is 1. The van der Waals surface area contributed by atoms with E-state index in [0.717, 1.165) is 69.8 Å². The molecule has 276 valence electrons. The van der Waals surface area contributed by atoms with Gasteiger partial charge in [0.15, 0.2) is 17.4 Å². The molecule has 1 aromatic carbocycles. The van der Waals surface area contributed by atoms with E-state index in [1.165, 1.54) is 40.2 Å². The lowest BCUT2D eigenvalue weighted by atomic mass is 9.72. The van der Waals surface area contributed by atoms with Crippen molar-refractivity contribution >= 4 is 39.8 Å². The highest BCUT2D eigenvalue weighted by Crippen LogP contribution is 2.45. The van der Waals surface area contributed by atoms with Crippen LogP contribution in [0.4, 0.5) is 16.0 Å². The number of piperidine rings is 1. The molecule has 2 aromatic heterocycles. The molecule has 3 aromatic rings. The van der Waals surface area contributed by atoms with Gasteiger partial charge in [-0.3, -0.25) is 4.79 Å². The van der Waals surface area contributed by atoms with Gasteiger partial charge in [-0.15, -0.1) is 11.3 Å². The summed E-state index contributed by atoms with van der Waals surface area (Å²) in [6.45, 7) is 11.6. The zero-order valence-corrected chi connectivity index (χ0v) is 31.0. The Morgan fingerprint density at radius 1 is 1.14 bits per heavy atom. The van der Waals surface area contributed by atoms with Crippen molar-refractivity contribution < 1.29 is 31.8 Å². The minimum absolute atomic E-state index is 0.0693. The van der Waals surface area contributed by atoms with Gasteiger partial charge in [0.1, 0.15) is 17.9 Å². The molecule has 0 unspecified atom stereocenters. The number of hydrogen-bond acceptors (Lipinski definition) is 12. The maximum Gasteiger partial charge on any atom is 0.258 e. The molecule has 0 N–H and O–H groups in total. The lowest BCUT2D eigenvalue weighted by Crippen LogP contribution is -2.61. The minimum atomic E-state index is -2.80. The maximum atomic E-state index is 14.5. The zero-order valence-electron chi connectivity index (χ0n) is 29.3. The minimum Gasteiger partial charge on any atom is -0.451 e. The molecule has 13 nitrogen and oxygen atoms in total. The summed E-state index contributed by atoms with van der Waals surface area (Å²) in [5.41, 5.74) is 0.323. The molecule has 4 aliphatic rings. The summed E-state index contributed by atoms with van der Waals surface area (Å²) in [6, 6.07) is 3.61. The molecule has 3 atom stereocenters. The normalized spacial score (nSPS) is 23.5. The van der Waals surface area contributed by atoms with Crippen molar-refractivity contribution in [3.8, 4) is 11.5 Å². The number of likely N-dealkylation sites (tertiary alicyclic amines) is 1. The van der Waals surface area contributed by atoms with E-state index < -0.39 is 16.7 Å². The van der Waals surface area contributed by atoms with Gasteiger partial charge < -0.3 is 28.9 Å². The van der Waals surface area contributed by atoms with Crippen LogP contribution in [0.25, 0.3) is 0 Å². The van der Waals surface area contributed by atoms with Crippen LogP contribution in [0.2, 0.25) is 0 Å². The van der Waals surface area contributed by atoms with Crippen molar-refractivity contribution in [2.75, 3.05) is 61.7 Å². The number of carbonyl (C=O) groups excluding carboxylic acids is 1. The highest BCUT2D eigenvalue weighted by Gasteiger charge is 2.46. The predicted octanol–water partition coefficient (Wildman–Crippen LogP) is 4.30. The van der Waals surface area contributed by atoms with E-state index in [2.05, 4.69) is 24.8 Å². The molecule has 4 saturated heterocycles. The van der Waals surface area contributed by atoms with Gasteiger partial charge in [0, 0.05) is 43.1 Å². The van der Waals surface area contributed by atoms with Gasteiger partial charge in [0.05, 0.1) is 48.2 Å². The molecule has 4 aliphatic heterocycles. The Kier molecular flexibility index (Phi) is 10.8. The number of rotatable bonds is 11. The van der Waals surface area contributed by atoms with Gasteiger partial charge in [0.25, 0.3) is 5.91 Å². The predicted molar refractivity (Wildman–Crippen MR) is 192 cm³/mol. The first-order valence-electron chi connectivity index (χ1n) is 17.7. The summed E-state index contributed by atoms with van der Waals surface area (Å²) in [5, 5.41) is 2.62. The van der Waals surface area contributed by atoms with E-state index in [-0.39, 0.29) is 46.9 Å². The first-order chi connectivity index (χ1) is 24.6. The van der Waals surface area contributed by atoms with Crippen molar-refractivity contribution in [1.29, 1.82) is 0 Å². The van der Waals surface area contributed by atoms with Crippen LogP contribution in [0, 0.1) is 18.2 Å². The summed E-state index contributed by atoms with van der Waals surface area (Å²) >= 11 is 1.44. The Hall–Kier alpha value is -3.44. The number of hydrogen-bond donors (Lipinski definition) is 1. The topological polar surface area (TPSA) is 131 Å². The van der Waals surface area contributed by atoms with Gasteiger partial charge in [-0.05, 0) is 84.2 Å². The van der Waals surface area contributed by atoms with Crippen LogP contribution in [-0.4, -0.2) is 116 Å². The number of thiazole rings is 1. The summed E-state index contributed by atoms with van der Waals surface area (Å²) in [7, 11) is -2.80. The first kappa shape index (κ1) is 35.9. The monoisotopic (exact) mass is 743 g/mol. The zero-order chi connectivity index (χ0) is 35.7. The number of aryl methyl sites for hydroxylation is 1. The maximum absolute atomic E-state index is 14.5. The quantitative estimate of drug-likeness (QED) is 0.283. The highest BCUT2D eigenvalue weighted by atomic mass is 32.2. The second-order valence-electron chi connectivity index (χ2n) is 14.4. The number of thiol groups is 1. The molecular weight excluding hydrogens is 698 g/mol. The summed E-state index contributed by atoms with van der Waals surface area (Å²) in [6.07, 6.45) is 7.51. The largest absolute Gasteiger partial charge is 0.451 e. The molecule has 0 bridgehead atoms. The number of aromatic nitrogens is 3. The van der Waals surface area contributed by atoms with Crippen LogP contribution < -0.4 is 13.9 Å². The fraction of sp³-hybridized carbons (Fsp3) is 0.600. The van der Waals surface area contributed by atoms with E-state index in [4.69, 9.17) is 14.2 Å². The van der Waals surface area contributed by atoms with Crippen molar-refractivity contribution in [3.63, 3.8) is 0 Å². The van der Waals surface area contributed by atoms with Crippen LogP contribution >= 0.6 is 11.3 Å². The molecule has 1 spiro atoms. The van der Waals surface area contributed by atoms with Crippen LogP contribution in [0.5, 0.6) is 11.5 Å². The molecule has 0 aliphatic carbocycles. The second-order valence-corrected chi connectivity index (χ2v) is 16.4. The Morgan fingerprint density at radius 3 is 2.59 bits per heavy atom. The van der Waals surface area contributed by atoms with E-state index in [9.17, 15) is 17.6 Å². The Morgan fingerprint density at radius 2 is 1.94 bits per heavy atom. The van der Waals surface area contributed by atoms with Crippen LogP contribution in [0.3, 0.4) is 0 Å². The Bertz CT molecular complexity index is 1750. The third kappa shape index (κ3) is 7.84.